The number of aldehydes is 1. The van der Waals surface area contributed by atoms with Gasteiger partial charge in [0.05, 0.1) is 41.9 Å². The van der Waals surface area contributed by atoms with Crippen LogP contribution in [0.15, 0.2) is 29.1 Å². The predicted molar refractivity (Wildman–Crippen MR) is 227 cm³/mol. The van der Waals surface area contributed by atoms with Crippen molar-refractivity contribution in [1.82, 2.24) is 14.9 Å². The number of aliphatic carboxylic acids is 1. The molecule has 1 atom stereocenters. The van der Waals surface area contributed by atoms with Crippen LogP contribution in [0.25, 0.3) is 22.3 Å². The highest BCUT2D eigenvalue weighted by Gasteiger charge is 2.38. The van der Waals surface area contributed by atoms with E-state index in [1.165, 1.54) is 7.05 Å². The topological polar surface area (TPSA) is 261 Å². The summed E-state index contributed by atoms with van der Waals surface area (Å²) in [5.41, 5.74) is 8.45. The summed E-state index contributed by atoms with van der Waals surface area (Å²) in [5, 5.41) is 18.3. The van der Waals surface area contributed by atoms with Gasteiger partial charge in [-0.05, 0) is 60.9 Å². The van der Waals surface area contributed by atoms with Gasteiger partial charge in [0, 0.05) is 56.4 Å². The molecule has 1 aromatic carbocycles. The highest BCUT2D eigenvalue weighted by molar-refractivity contribution is 5.90. The lowest BCUT2D eigenvalue weighted by molar-refractivity contribution is -0.171. The van der Waals surface area contributed by atoms with E-state index in [0.717, 1.165) is 49.2 Å². The molecule has 0 saturated heterocycles. The number of carbonyl (C=O) groups excluding carboxylic acids is 6. The average Bonchev–Trinajstić information content (AvgIpc) is 3.60. The SMILES string of the molecule is CC.CC(C)CCC(=O)O.CC(C)CCC=O.CCc1c2c(nc3ccc(OC(=O)CCC(N)=O)cc13)-c1cc3c(c(=O)n1C2)COC(=O)C3OC(=O)CCC(=O)NC.CO. The fourth-order valence-corrected chi connectivity index (χ4v) is 6.01. The fourth-order valence-electron chi connectivity index (χ4n) is 6.01. The molecule has 5 N–H and O–H groups in total. The van der Waals surface area contributed by atoms with Crippen molar-refractivity contribution < 1.29 is 58.0 Å². The van der Waals surface area contributed by atoms with Gasteiger partial charge in [-0.25, -0.2) is 9.78 Å². The highest BCUT2D eigenvalue weighted by atomic mass is 16.6. The Kier molecular flexibility index (Phi) is 23.5. The predicted octanol–water partition coefficient (Wildman–Crippen LogP) is 5.09. The number of amides is 2. The summed E-state index contributed by atoms with van der Waals surface area (Å²) >= 11 is 0. The smallest absolute Gasteiger partial charge is 0.352 e. The molecule has 4 heterocycles. The zero-order valence-electron chi connectivity index (χ0n) is 36.8. The van der Waals surface area contributed by atoms with Gasteiger partial charge in [-0.2, -0.15) is 0 Å². The molecule has 17 nitrogen and oxygen atoms in total. The first kappa shape index (κ1) is 53.0. The number of hydrogen-bond acceptors (Lipinski definition) is 13. The van der Waals surface area contributed by atoms with E-state index in [2.05, 4.69) is 19.2 Å². The largest absolute Gasteiger partial charge is 0.481 e. The number of fused-ring (bicyclic) bond motifs is 5. The summed E-state index contributed by atoms with van der Waals surface area (Å²) in [6.45, 7) is 14.2. The Morgan fingerprint density at radius 1 is 0.951 bits per heavy atom. The Morgan fingerprint density at radius 3 is 2.11 bits per heavy atom. The minimum absolute atomic E-state index is 0.116. The maximum Gasteiger partial charge on any atom is 0.352 e. The first-order chi connectivity index (χ1) is 29.0. The van der Waals surface area contributed by atoms with E-state index in [-0.39, 0.29) is 61.6 Å². The zero-order valence-corrected chi connectivity index (χ0v) is 36.8. The van der Waals surface area contributed by atoms with Gasteiger partial charge in [0.25, 0.3) is 5.56 Å². The standard InChI is InChI=1S/C29H28N4O9.C6H12O2.C6H12O.C2H6.CH4O/c1-3-15-16-10-14(41-24(36)8-6-22(30)34)4-5-20(16)32-26-18(15)12-33-21(26)11-17-19(28(33)38)13-40-29(39)27(17)42-25(37)9-7-23(35)31-2;1-5(2)3-4-6(7)8;1-6(2)4-3-5-7;2*1-2/h4-5,10-11,27H,3,6-9,12-13H2,1-2H3,(H2,30,34)(H,31,35);5H,3-4H2,1-2H3,(H,7,8);5-6H,3-4H2,1-2H3;1-2H3;2H,1H3. The van der Waals surface area contributed by atoms with Crippen molar-refractivity contribution in [3.63, 3.8) is 0 Å². The number of aryl methyl sites for hydroxylation is 1. The van der Waals surface area contributed by atoms with E-state index in [9.17, 15) is 38.4 Å². The molecule has 0 aliphatic carbocycles. The molecule has 2 aromatic heterocycles. The minimum atomic E-state index is -1.45. The third-order valence-electron chi connectivity index (χ3n) is 9.07. The summed E-state index contributed by atoms with van der Waals surface area (Å²) in [4.78, 5) is 97.7. The minimum Gasteiger partial charge on any atom is -0.481 e. The summed E-state index contributed by atoms with van der Waals surface area (Å²) in [6.07, 6.45) is 2.31. The number of ether oxygens (including phenoxy) is 3. The molecule has 2 amide bonds. The van der Waals surface area contributed by atoms with E-state index in [4.69, 9.17) is 35.1 Å². The quantitative estimate of drug-likeness (QED) is 0.0690. The lowest BCUT2D eigenvalue weighted by Crippen LogP contribution is -2.34. The third kappa shape index (κ3) is 16.2. The second-order valence-electron chi connectivity index (χ2n) is 14.4. The van der Waals surface area contributed by atoms with Gasteiger partial charge in [0.15, 0.2) is 0 Å². The van der Waals surface area contributed by atoms with Crippen LogP contribution in [0, 0.1) is 11.8 Å². The Bertz CT molecular complexity index is 2060. The number of esters is 3. The Labute approximate surface area is 356 Å². The van der Waals surface area contributed by atoms with Gasteiger partial charge in [-0.3, -0.25) is 28.8 Å². The maximum atomic E-state index is 13.6. The van der Waals surface area contributed by atoms with Crippen molar-refractivity contribution in [2.24, 2.45) is 17.6 Å². The number of nitrogens with two attached hydrogens (primary N) is 1. The number of benzene rings is 1. The molecule has 336 valence electrons. The van der Waals surface area contributed by atoms with Crippen LogP contribution in [0.1, 0.15) is 128 Å². The molecule has 2 aliphatic heterocycles. The summed E-state index contributed by atoms with van der Waals surface area (Å²) in [7, 11) is 2.44. The number of nitrogens with zero attached hydrogens (tertiary/aromatic N) is 2. The van der Waals surface area contributed by atoms with Crippen LogP contribution in [0.2, 0.25) is 0 Å². The van der Waals surface area contributed by atoms with Gasteiger partial charge in [-0.1, -0.05) is 48.5 Å². The first-order valence-electron chi connectivity index (χ1n) is 20.4. The van der Waals surface area contributed by atoms with Crippen molar-refractivity contribution in [1.29, 1.82) is 0 Å². The summed E-state index contributed by atoms with van der Waals surface area (Å²) in [6, 6.07) is 6.61. The van der Waals surface area contributed by atoms with E-state index in [1.54, 1.807) is 28.8 Å². The number of rotatable bonds is 15. The number of aliphatic hydroxyl groups excluding tert-OH is 1. The second kappa shape index (κ2) is 27.0. The van der Waals surface area contributed by atoms with Crippen molar-refractivity contribution in [3.05, 3.63) is 56.9 Å². The Balaban J connectivity index is 0.000000823. The molecule has 3 aromatic rings. The Hall–Kier alpha value is -5.97. The fraction of sp³-hybridized carbons (Fsp3) is 0.523. The number of carboxylic acid groups (broad SMARTS) is 1. The van der Waals surface area contributed by atoms with Crippen molar-refractivity contribution in [3.8, 4) is 17.1 Å². The van der Waals surface area contributed by atoms with Gasteiger partial charge in [0.1, 0.15) is 18.6 Å². The van der Waals surface area contributed by atoms with Gasteiger partial charge >= 0.3 is 23.9 Å². The van der Waals surface area contributed by atoms with Gasteiger partial charge in [-0.15, -0.1) is 0 Å². The zero-order chi connectivity index (χ0) is 46.4. The third-order valence-corrected chi connectivity index (χ3v) is 9.07. The molecule has 0 fully saturated rings. The van der Waals surface area contributed by atoms with Crippen LogP contribution in [-0.4, -0.2) is 75.9 Å². The number of aliphatic hydroxyl groups is 1. The van der Waals surface area contributed by atoms with E-state index in [1.807, 2.05) is 34.6 Å². The van der Waals surface area contributed by atoms with Crippen LogP contribution < -0.4 is 21.3 Å². The molecular formula is C44H62N4O13. The van der Waals surface area contributed by atoms with E-state index in [0.29, 0.717) is 41.6 Å². The maximum absolute atomic E-state index is 13.6. The lowest BCUT2D eigenvalue weighted by atomic mass is 9.97. The molecule has 17 heteroatoms. The molecule has 0 spiro atoms. The molecule has 0 radical (unpaired) electrons. The number of pyridine rings is 2. The van der Waals surface area contributed by atoms with Crippen LogP contribution in [-0.2, 0) is 62.6 Å². The second-order valence-corrected chi connectivity index (χ2v) is 14.4. The van der Waals surface area contributed by atoms with Crippen LogP contribution in [0.4, 0.5) is 0 Å². The van der Waals surface area contributed by atoms with E-state index >= 15 is 0 Å². The molecule has 0 bridgehead atoms. The molecule has 0 saturated carbocycles. The van der Waals surface area contributed by atoms with Gasteiger partial charge in [0.2, 0.25) is 17.9 Å². The highest BCUT2D eigenvalue weighted by Crippen LogP contribution is 2.39. The molecule has 5 rings (SSSR count). The number of cyclic esters (lactones) is 1. The number of aromatic nitrogens is 2. The normalized spacial score (nSPS) is 12.8. The van der Waals surface area contributed by atoms with Crippen LogP contribution in [0.3, 0.4) is 0 Å². The monoisotopic (exact) mass is 854 g/mol. The number of nitrogens with one attached hydrogen (secondary N) is 1. The number of hydrogen-bond donors (Lipinski definition) is 4. The van der Waals surface area contributed by atoms with Gasteiger partial charge < -0.3 is 44.8 Å². The first-order valence-corrected chi connectivity index (χ1v) is 20.4. The number of carbonyl (C=O) groups is 7. The Morgan fingerprint density at radius 2 is 1.59 bits per heavy atom. The summed E-state index contributed by atoms with van der Waals surface area (Å²) < 4.78 is 17.5. The molecule has 1 unspecified atom stereocenters. The molecule has 2 aliphatic rings. The summed E-state index contributed by atoms with van der Waals surface area (Å²) in [5.74, 6) is -2.37. The van der Waals surface area contributed by atoms with Crippen molar-refractivity contribution in [2.75, 3.05) is 14.2 Å². The average molecular weight is 855 g/mol. The molecular weight excluding hydrogens is 792 g/mol. The van der Waals surface area contributed by atoms with Crippen molar-refractivity contribution in [2.45, 2.75) is 126 Å². The van der Waals surface area contributed by atoms with Crippen LogP contribution in [0.5, 0.6) is 5.75 Å². The van der Waals surface area contributed by atoms with Crippen LogP contribution >= 0.6 is 0 Å². The number of carboxylic acids is 1. The van der Waals surface area contributed by atoms with E-state index < -0.39 is 41.4 Å². The van der Waals surface area contributed by atoms with Crippen molar-refractivity contribution >= 4 is 52.9 Å². The number of primary amides is 1. The molecule has 61 heavy (non-hydrogen) atoms. The lowest BCUT2D eigenvalue weighted by Gasteiger charge is -2.25.